The van der Waals surface area contributed by atoms with Crippen molar-refractivity contribution in [1.29, 1.82) is 0 Å². The lowest BCUT2D eigenvalue weighted by Gasteiger charge is -2.41. The van der Waals surface area contributed by atoms with Gasteiger partial charge in [0.1, 0.15) is 5.82 Å². The number of carbonyl (C=O) groups excluding carboxylic acids is 2. The van der Waals surface area contributed by atoms with E-state index >= 15 is 0 Å². The first-order valence-electron chi connectivity index (χ1n) is 14.5. The predicted octanol–water partition coefficient (Wildman–Crippen LogP) is 5.85. The number of aryl methyl sites for hydroxylation is 2. The summed E-state index contributed by atoms with van der Waals surface area (Å²) in [5.74, 6) is -1.56. The topological polar surface area (TPSA) is 70.5 Å². The van der Waals surface area contributed by atoms with E-state index in [1.807, 2.05) is 37.4 Å². The minimum Gasteiger partial charge on any atom is -0.331 e. The molecule has 2 aliphatic rings. The zero-order valence-corrected chi connectivity index (χ0v) is 23.6. The molecule has 41 heavy (non-hydrogen) atoms. The van der Waals surface area contributed by atoms with Crippen molar-refractivity contribution in [2.45, 2.75) is 45.2 Å². The number of hydrogen-bond acceptors (Lipinski definition) is 4. The number of aromatic nitrogens is 2. The van der Waals surface area contributed by atoms with Crippen molar-refractivity contribution in [3.8, 4) is 0 Å². The Morgan fingerprint density at radius 1 is 1.00 bits per heavy atom. The first-order chi connectivity index (χ1) is 19.9. The van der Waals surface area contributed by atoms with E-state index in [0.29, 0.717) is 30.6 Å². The average Bonchev–Trinajstić information content (AvgIpc) is 3.62. The summed E-state index contributed by atoms with van der Waals surface area (Å²) in [7, 11) is 1.87. The molecule has 0 spiro atoms. The molecule has 1 aromatic heterocycles. The van der Waals surface area contributed by atoms with Gasteiger partial charge in [0.15, 0.2) is 0 Å². The van der Waals surface area contributed by atoms with Crippen molar-refractivity contribution < 1.29 is 14.0 Å². The van der Waals surface area contributed by atoms with Crippen molar-refractivity contribution in [2.75, 3.05) is 25.0 Å². The fraction of sp³-hybridized carbons (Fsp3) is 0.364. The molecule has 2 atom stereocenters. The van der Waals surface area contributed by atoms with Crippen LogP contribution in [0.2, 0.25) is 0 Å². The Morgan fingerprint density at radius 2 is 1.78 bits per heavy atom. The number of benzene rings is 3. The van der Waals surface area contributed by atoms with Crippen LogP contribution in [0, 0.1) is 18.7 Å². The van der Waals surface area contributed by atoms with Gasteiger partial charge >= 0.3 is 0 Å². The van der Waals surface area contributed by atoms with E-state index in [9.17, 15) is 14.0 Å². The second-order valence-electron chi connectivity index (χ2n) is 11.4. The average molecular weight is 554 g/mol. The molecular weight excluding hydrogens is 517 g/mol. The molecule has 2 aliphatic heterocycles. The molecule has 8 heteroatoms. The van der Waals surface area contributed by atoms with Crippen molar-refractivity contribution in [2.24, 2.45) is 13.0 Å². The third-order valence-corrected chi connectivity index (χ3v) is 8.61. The fourth-order valence-electron chi connectivity index (χ4n) is 6.43. The van der Waals surface area contributed by atoms with Gasteiger partial charge in [-0.15, -0.1) is 0 Å². The number of piperidine rings is 1. The number of fused-ring (bicyclic) bond motifs is 1. The minimum atomic E-state index is -0.536. The minimum absolute atomic E-state index is 0.0749. The lowest BCUT2D eigenvalue weighted by molar-refractivity contribution is -0.123. The molecule has 2 saturated heterocycles. The van der Waals surface area contributed by atoms with Gasteiger partial charge in [0.05, 0.1) is 29.2 Å². The van der Waals surface area contributed by atoms with Crippen LogP contribution >= 0.6 is 0 Å². The number of nitrogens with one attached hydrogen (secondary N) is 1. The van der Waals surface area contributed by atoms with Crippen LogP contribution in [-0.2, 0) is 18.4 Å². The molecule has 2 amide bonds. The first-order valence-corrected chi connectivity index (χ1v) is 14.5. The van der Waals surface area contributed by atoms with Crippen LogP contribution in [0.4, 0.5) is 10.1 Å². The summed E-state index contributed by atoms with van der Waals surface area (Å²) in [6, 6.07) is 18.2. The highest BCUT2D eigenvalue weighted by Crippen LogP contribution is 2.39. The largest absolute Gasteiger partial charge is 0.331 e. The number of carbonyl (C=O) groups is 2. The third-order valence-electron chi connectivity index (χ3n) is 8.61. The zero-order chi connectivity index (χ0) is 28.5. The Bertz CT molecular complexity index is 1550. The van der Waals surface area contributed by atoms with Gasteiger partial charge in [-0.3, -0.25) is 19.2 Å². The smallest absolute Gasteiger partial charge is 0.257 e. The second kappa shape index (κ2) is 11.4. The van der Waals surface area contributed by atoms with Gasteiger partial charge in [-0.25, -0.2) is 4.39 Å². The maximum absolute atomic E-state index is 15.0. The number of hydrogen-bond donors (Lipinski definition) is 1. The van der Waals surface area contributed by atoms with E-state index in [1.54, 1.807) is 34.8 Å². The molecule has 7 nitrogen and oxygen atoms in total. The fourth-order valence-corrected chi connectivity index (χ4v) is 6.43. The van der Waals surface area contributed by atoms with Gasteiger partial charge in [0.2, 0.25) is 5.91 Å². The number of rotatable bonds is 6. The van der Waals surface area contributed by atoms with E-state index < -0.39 is 17.8 Å². The Kier molecular flexibility index (Phi) is 7.58. The molecule has 4 aromatic rings. The molecule has 3 aromatic carbocycles. The van der Waals surface area contributed by atoms with Gasteiger partial charge in [-0.2, -0.15) is 5.10 Å². The van der Waals surface area contributed by atoms with Gasteiger partial charge in [0, 0.05) is 31.2 Å². The molecule has 212 valence electrons. The Hall–Kier alpha value is -4.04. The summed E-state index contributed by atoms with van der Waals surface area (Å²) in [6.07, 6.45) is 5.54. The van der Waals surface area contributed by atoms with Crippen LogP contribution in [0.25, 0.3) is 10.9 Å². The highest BCUT2D eigenvalue weighted by molar-refractivity contribution is 5.98. The monoisotopic (exact) mass is 553 g/mol. The summed E-state index contributed by atoms with van der Waals surface area (Å²) in [5.41, 5.74) is 4.36. The van der Waals surface area contributed by atoms with Crippen molar-refractivity contribution in [3.63, 3.8) is 0 Å². The second-order valence-corrected chi connectivity index (χ2v) is 11.4. The lowest BCUT2D eigenvalue weighted by Crippen LogP contribution is -2.46. The van der Waals surface area contributed by atoms with Crippen LogP contribution in [-0.4, -0.2) is 51.0 Å². The first kappa shape index (κ1) is 27.1. The molecule has 3 heterocycles. The molecule has 0 unspecified atom stereocenters. The zero-order valence-electron chi connectivity index (χ0n) is 23.6. The van der Waals surface area contributed by atoms with E-state index in [2.05, 4.69) is 27.4 Å². The van der Waals surface area contributed by atoms with Gasteiger partial charge in [-0.1, -0.05) is 36.4 Å². The van der Waals surface area contributed by atoms with Crippen molar-refractivity contribution in [3.05, 3.63) is 94.9 Å². The van der Waals surface area contributed by atoms with Gasteiger partial charge in [-0.05, 0) is 86.7 Å². The molecule has 0 aliphatic carbocycles. The predicted molar refractivity (Wildman–Crippen MR) is 158 cm³/mol. The van der Waals surface area contributed by atoms with Gasteiger partial charge in [0.25, 0.3) is 5.91 Å². The van der Waals surface area contributed by atoms with Crippen LogP contribution in [0.3, 0.4) is 0 Å². The Morgan fingerprint density at radius 3 is 2.54 bits per heavy atom. The molecule has 0 saturated carbocycles. The maximum atomic E-state index is 15.0. The Labute approximate surface area is 239 Å². The molecule has 2 fully saturated rings. The SMILES string of the molecule is Cc1cccc(F)c1C(=O)N1CCC[C@H](C(=O)Nc2ccc3cnn(C)c3c2)[C@@H]1c1ccc(CN2CCCC2)cc1. The van der Waals surface area contributed by atoms with Gasteiger partial charge < -0.3 is 10.2 Å². The summed E-state index contributed by atoms with van der Waals surface area (Å²) in [6.45, 7) is 5.32. The summed E-state index contributed by atoms with van der Waals surface area (Å²) >= 11 is 0. The van der Waals surface area contributed by atoms with E-state index in [0.717, 1.165) is 36.1 Å². The molecule has 1 N–H and O–H groups in total. The number of anilines is 1. The molecule has 0 bridgehead atoms. The summed E-state index contributed by atoms with van der Waals surface area (Å²) < 4.78 is 16.7. The number of halogens is 1. The highest BCUT2D eigenvalue weighted by atomic mass is 19.1. The van der Waals surface area contributed by atoms with Crippen LogP contribution < -0.4 is 5.32 Å². The maximum Gasteiger partial charge on any atom is 0.257 e. The normalized spacial score (nSPS) is 19.5. The van der Waals surface area contributed by atoms with Crippen LogP contribution in [0.5, 0.6) is 0 Å². The van der Waals surface area contributed by atoms with E-state index in [-0.39, 0.29) is 17.4 Å². The number of likely N-dealkylation sites (tertiary alicyclic amines) is 2. The quantitative estimate of drug-likeness (QED) is 0.325. The molecule has 6 rings (SSSR count). The van der Waals surface area contributed by atoms with Crippen molar-refractivity contribution >= 4 is 28.4 Å². The summed E-state index contributed by atoms with van der Waals surface area (Å²) in [5, 5.41) is 8.39. The highest BCUT2D eigenvalue weighted by Gasteiger charge is 2.40. The number of amides is 2. The van der Waals surface area contributed by atoms with Crippen molar-refractivity contribution in [1.82, 2.24) is 19.6 Å². The van der Waals surface area contributed by atoms with E-state index in [4.69, 9.17) is 0 Å². The molecule has 0 radical (unpaired) electrons. The number of nitrogens with zero attached hydrogens (tertiary/aromatic N) is 4. The van der Waals surface area contributed by atoms with Crippen LogP contribution in [0.1, 0.15) is 58.8 Å². The van der Waals surface area contributed by atoms with E-state index in [1.165, 1.54) is 24.5 Å². The van der Waals surface area contributed by atoms with Crippen LogP contribution in [0.15, 0.2) is 66.9 Å². The summed E-state index contributed by atoms with van der Waals surface area (Å²) in [4.78, 5) is 32.0. The molecular formula is C33H36FN5O2. The third kappa shape index (κ3) is 5.48. The Balaban J connectivity index is 1.33. The standard InChI is InChI=1S/C33H36FN5O2/c1-22-7-5-9-28(34)30(22)33(41)39-18-6-8-27(32(40)36-26-15-14-25-20-35-37(2)29(25)19-26)31(39)24-12-10-23(11-13-24)21-38-16-3-4-17-38/h5,7,9-15,19-20,27,31H,3-4,6,8,16-18,21H2,1-2H3,(H,36,40)/t27-,31-/m0/s1. The lowest BCUT2D eigenvalue weighted by atomic mass is 9.83.